The summed E-state index contributed by atoms with van der Waals surface area (Å²) < 4.78 is 1.82. The van der Waals surface area contributed by atoms with Gasteiger partial charge in [0, 0.05) is 12.7 Å². The zero-order valence-electron chi connectivity index (χ0n) is 6.45. The molecule has 11 heavy (non-hydrogen) atoms. The Morgan fingerprint density at radius 2 is 2.55 bits per heavy atom. The van der Waals surface area contributed by atoms with Gasteiger partial charge in [-0.05, 0) is 12.5 Å². The number of aryl methyl sites for hydroxylation is 1. The van der Waals surface area contributed by atoms with Crippen LogP contribution in [0.2, 0.25) is 0 Å². The molecule has 0 aromatic carbocycles. The van der Waals surface area contributed by atoms with Crippen molar-refractivity contribution in [2.45, 2.75) is 19.9 Å². The van der Waals surface area contributed by atoms with Crippen LogP contribution in [0.3, 0.4) is 0 Å². The fraction of sp³-hybridized carbons (Fsp3) is 0.429. The second kappa shape index (κ2) is 3.48. The van der Waals surface area contributed by atoms with E-state index in [0.29, 0.717) is 4.99 Å². The van der Waals surface area contributed by atoms with Gasteiger partial charge in [0.15, 0.2) is 0 Å². The molecule has 1 heterocycles. The lowest BCUT2D eigenvalue weighted by atomic mass is 10.4. The third-order valence-corrected chi connectivity index (χ3v) is 1.61. The van der Waals surface area contributed by atoms with Crippen molar-refractivity contribution in [3.05, 3.63) is 18.0 Å². The van der Waals surface area contributed by atoms with Crippen molar-refractivity contribution in [1.29, 1.82) is 0 Å². The monoisotopic (exact) mass is 169 g/mol. The van der Waals surface area contributed by atoms with Crippen molar-refractivity contribution in [2.24, 2.45) is 5.73 Å². The van der Waals surface area contributed by atoms with Crippen LogP contribution in [-0.2, 0) is 6.54 Å². The van der Waals surface area contributed by atoms with Gasteiger partial charge >= 0.3 is 0 Å². The Kier molecular flexibility index (Phi) is 2.59. The first-order valence-corrected chi connectivity index (χ1v) is 3.98. The van der Waals surface area contributed by atoms with E-state index < -0.39 is 0 Å². The Hall–Kier alpha value is -0.900. The average Bonchev–Trinajstić information content (AvgIpc) is 2.36. The normalized spacial score (nSPS) is 9.91. The van der Waals surface area contributed by atoms with Crippen molar-refractivity contribution in [3.8, 4) is 0 Å². The molecule has 1 aromatic rings. The number of nitrogens with zero attached hydrogens (tertiary/aromatic N) is 2. The van der Waals surface area contributed by atoms with Crippen molar-refractivity contribution < 1.29 is 0 Å². The molecule has 0 aliphatic rings. The molecule has 60 valence electrons. The predicted molar refractivity (Wildman–Crippen MR) is 48.4 cm³/mol. The van der Waals surface area contributed by atoms with Gasteiger partial charge in [-0.25, -0.2) is 0 Å². The SMILES string of the molecule is CCCn1nccc1C(N)=S. The summed E-state index contributed by atoms with van der Waals surface area (Å²) in [7, 11) is 0. The van der Waals surface area contributed by atoms with Crippen LogP contribution >= 0.6 is 12.2 Å². The lowest BCUT2D eigenvalue weighted by molar-refractivity contribution is 0.599. The van der Waals surface area contributed by atoms with Crippen LogP contribution in [0.15, 0.2) is 12.3 Å². The van der Waals surface area contributed by atoms with Crippen LogP contribution in [-0.4, -0.2) is 14.8 Å². The zero-order valence-corrected chi connectivity index (χ0v) is 7.27. The summed E-state index contributed by atoms with van der Waals surface area (Å²) in [5, 5.41) is 4.08. The molecule has 4 heteroatoms. The number of nitrogens with two attached hydrogens (primary N) is 1. The molecule has 0 spiro atoms. The lowest BCUT2D eigenvalue weighted by Crippen LogP contribution is -2.16. The molecule has 0 saturated heterocycles. The van der Waals surface area contributed by atoms with Crippen molar-refractivity contribution in [1.82, 2.24) is 9.78 Å². The molecule has 0 aliphatic carbocycles. The lowest BCUT2D eigenvalue weighted by Gasteiger charge is -2.02. The van der Waals surface area contributed by atoms with E-state index in [1.807, 2.05) is 10.7 Å². The van der Waals surface area contributed by atoms with Gasteiger partial charge < -0.3 is 5.73 Å². The Balaban J connectivity index is 2.87. The maximum Gasteiger partial charge on any atom is 0.122 e. The summed E-state index contributed by atoms with van der Waals surface area (Å²) in [5.74, 6) is 0. The van der Waals surface area contributed by atoms with Crippen molar-refractivity contribution in [2.75, 3.05) is 0 Å². The molecule has 1 rings (SSSR count). The minimum atomic E-state index is 0.413. The van der Waals surface area contributed by atoms with Crippen molar-refractivity contribution >= 4 is 17.2 Å². The minimum absolute atomic E-state index is 0.413. The summed E-state index contributed by atoms with van der Waals surface area (Å²) in [6.07, 6.45) is 2.75. The molecule has 2 N–H and O–H groups in total. The van der Waals surface area contributed by atoms with E-state index in [1.54, 1.807) is 6.20 Å². The molecule has 0 amide bonds. The highest BCUT2D eigenvalue weighted by atomic mass is 32.1. The Bertz CT molecular complexity index is 254. The highest BCUT2D eigenvalue weighted by Gasteiger charge is 2.02. The first-order chi connectivity index (χ1) is 5.25. The minimum Gasteiger partial charge on any atom is -0.388 e. The summed E-state index contributed by atoms with van der Waals surface area (Å²) in [6, 6.07) is 1.83. The quantitative estimate of drug-likeness (QED) is 0.684. The highest BCUT2D eigenvalue weighted by molar-refractivity contribution is 7.80. The van der Waals surface area contributed by atoms with Gasteiger partial charge in [0.2, 0.25) is 0 Å². The molecule has 1 aromatic heterocycles. The Morgan fingerprint density at radius 1 is 1.82 bits per heavy atom. The van der Waals surface area contributed by atoms with Gasteiger partial charge in [-0.15, -0.1) is 0 Å². The largest absolute Gasteiger partial charge is 0.388 e. The van der Waals surface area contributed by atoms with Gasteiger partial charge in [0.05, 0.1) is 5.69 Å². The second-order valence-electron chi connectivity index (χ2n) is 2.30. The summed E-state index contributed by atoms with van der Waals surface area (Å²) in [5.41, 5.74) is 6.31. The predicted octanol–water partition coefficient (Wildman–Crippen LogP) is 0.927. The fourth-order valence-corrected chi connectivity index (χ4v) is 1.11. The molecule has 0 aliphatic heterocycles. The Morgan fingerprint density at radius 3 is 3.09 bits per heavy atom. The summed E-state index contributed by atoms with van der Waals surface area (Å²) >= 11 is 4.83. The van der Waals surface area contributed by atoms with Crippen molar-refractivity contribution in [3.63, 3.8) is 0 Å². The van der Waals surface area contributed by atoms with Crippen LogP contribution in [0.1, 0.15) is 19.0 Å². The third-order valence-electron chi connectivity index (χ3n) is 1.40. The molecule has 0 fully saturated rings. The fourth-order valence-electron chi connectivity index (χ4n) is 0.932. The van der Waals surface area contributed by atoms with Gasteiger partial charge in [0.25, 0.3) is 0 Å². The van der Waals surface area contributed by atoms with Gasteiger partial charge in [-0.1, -0.05) is 19.1 Å². The molecule has 0 atom stereocenters. The van der Waals surface area contributed by atoms with E-state index in [-0.39, 0.29) is 0 Å². The maximum absolute atomic E-state index is 5.46. The smallest absolute Gasteiger partial charge is 0.122 e. The van der Waals surface area contributed by atoms with Gasteiger partial charge in [-0.3, -0.25) is 4.68 Å². The first kappa shape index (κ1) is 8.20. The zero-order chi connectivity index (χ0) is 8.27. The van der Waals surface area contributed by atoms with Crippen LogP contribution < -0.4 is 5.73 Å². The van der Waals surface area contributed by atoms with E-state index in [9.17, 15) is 0 Å². The van der Waals surface area contributed by atoms with E-state index in [0.717, 1.165) is 18.7 Å². The first-order valence-electron chi connectivity index (χ1n) is 3.57. The molecule has 3 nitrogen and oxygen atoms in total. The topological polar surface area (TPSA) is 43.8 Å². The van der Waals surface area contributed by atoms with E-state index in [1.165, 1.54) is 0 Å². The highest BCUT2D eigenvalue weighted by Crippen LogP contribution is 1.99. The number of hydrogen-bond donors (Lipinski definition) is 1. The van der Waals surface area contributed by atoms with E-state index >= 15 is 0 Å². The number of rotatable bonds is 3. The maximum atomic E-state index is 5.46. The van der Waals surface area contributed by atoms with Crippen LogP contribution in [0, 0.1) is 0 Å². The molecular weight excluding hydrogens is 158 g/mol. The summed E-state index contributed by atoms with van der Waals surface area (Å²) in [4.78, 5) is 0.413. The second-order valence-corrected chi connectivity index (χ2v) is 2.74. The standard InChI is InChI=1S/C7H11N3S/c1-2-5-10-6(7(8)11)3-4-9-10/h3-4H,2,5H2,1H3,(H2,8,11). The average molecular weight is 169 g/mol. The van der Waals surface area contributed by atoms with Crippen LogP contribution in [0.25, 0.3) is 0 Å². The molecule has 0 saturated carbocycles. The van der Waals surface area contributed by atoms with E-state index in [2.05, 4.69) is 12.0 Å². The molecule has 0 bridgehead atoms. The van der Waals surface area contributed by atoms with Gasteiger partial charge in [-0.2, -0.15) is 5.10 Å². The van der Waals surface area contributed by atoms with Gasteiger partial charge in [0.1, 0.15) is 4.99 Å². The summed E-state index contributed by atoms with van der Waals surface area (Å²) in [6.45, 7) is 2.96. The third kappa shape index (κ3) is 1.77. The van der Waals surface area contributed by atoms with E-state index in [4.69, 9.17) is 18.0 Å². The number of thiocarbonyl (C=S) groups is 1. The number of hydrogen-bond acceptors (Lipinski definition) is 2. The van der Waals surface area contributed by atoms with Crippen LogP contribution in [0.4, 0.5) is 0 Å². The number of aromatic nitrogens is 2. The molecule has 0 radical (unpaired) electrons. The Labute approximate surface area is 71.2 Å². The molecule has 0 unspecified atom stereocenters. The molecular formula is C7H11N3S. The van der Waals surface area contributed by atoms with Crippen LogP contribution in [0.5, 0.6) is 0 Å².